The SMILES string of the molecule is Cc1ccc(CO)cc1NC(=O)CCc1cc2ccccc2[nH]c1=O. The van der Waals surface area contributed by atoms with Crippen LogP contribution in [0, 0.1) is 6.92 Å². The summed E-state index contributed by atoms with van der Waals surface area (Å²) in [6.07, 6.45) is 0.578. The van der Waals surface area contributed by atoms with E-state index >= 15 is 0 Å². The van der Waals surface area contributed by atoms with Crippen LogP contribution < -0.4 is 10.9 Å². The van der Waals surface area contributed by atoms with E-state index in [0.717, 1.165) is 22.0 Å². The van der Waals surface area contributed by atoms with Gasteiger partial charge in [0.05, 0.1) is 6.61 Å². The summed E-state index contributed by atoms with van der Waals surface area (Å²) in [5.74, 6) is -0.161. The van der Waals surface area contributed by atoms with Crippen molar-refractivity contribution < 1.29 is 9.90 Å². The van der Waals surface area contributed by atoms with Gasteiger partial charge >= 0.3 is 0 Å². The first-order chi connectivity index (χ1) is 12.1. The Morgan fingerprint density at radius 2 is 1.96 bits per heavy atom. The van der Waals surface area contributed by atoms with Gasteiger partial charge < -0.3 is 15.4 Å². The maximum atomic E-state index is 12.2. The molecule has 3 N–H and O–H groups in total. The van der Waals surface area contributed by atoms with E-state index in [0.29, 0.717) is 17.7 Å². The lowest BCUT2D eigenvalue weighted by Crippen LogP contribution is -2.17. The van der Waals surface area contributed by atoms with E-state index in [9.17, 15) is 14.7 Å². The highest BCUT2D eigenvalue weighted by molar-refractivity contribution is 5.91. The lowest BCUT2D eigenvalue weighted by molar-refractivity contribution is -0.116. The molecular formula is C20H20N2O3. The van der Waals surface area contributed by atoms with Crippen LogP contribution in [0.3, 0.4) is 0 Å². The van der Waals surface area contributed by atoms with Gasteiger partial charge in [-0.1, -0.05) is 30.3 Å². The van der Waals surface area contributed by atoms with Crippen molar-refractivity contribution in [3.8, 4) is 0 Å². The van der Waals surface area contributed by atoms with Gasteiger partial charge in [0.2, 0.25) is 5.91 Å². The zero-order valence-corrected chi connectivity index (χ0v) is 14.0. The topological polar surface area (TPSA) is 82.2 Å². The summed E-state index contributed by atoms with van der Waals surface area (Å²) in [4.78, 5) is 27.2. The zero-order chi connectivity index (χ0) is 17.8. The molecule has 128 valence electrons. The fourth-order valence-corrected chi connectivity index (χ4v) is 2.74. The fraction of sp³-hybridized carbons (Fsp3) is 0.200. The number of aryl methyl sites for hydroxylation is 2. The minimum atomic E-state index is -0.162. The number of aliphatic hydroxyl groups is 1. The Morgan fingerprint density at radius 1 is 1.16 bits per heavy atom. The van der Waals surface area contributed by atoms with E-state index in [4.69, 9.17) is 0 Å². The summed E-state index contributed by atoms with van der Waals surface area (Å²) in [5, 5.41) is 13.0. The molecule has 0 bridgehead atoms. The number of aliphatic hydroxyl groups excluding tert-OH is 1. The number of hydrogen-bond acceptors (Lipinski definition) is 3. The van der Waals surface area contributed by atoms with Gasteiger partial charge in [-0.25, -0.2) is 0 Å². The summed E-state index contributed by atoms with van der Waals surface area (Å²) in [6.45, 7) is 1.82. The Kier molecular flexibility index (Phi) is 4.95. The third-order valence-electron chi connectivity index (χ3n) is 4.21. The third kappa shape index (κ3) is 3.95. The molecule has 0 saturated carbocycles. The number of H-pyrrole nitrogens is 1. The Labute approximate surface area is 145 Å². The molecule has 0 atom stereocenters. The van der Waals surface area contributed by atoms with Crippen molar-refractivity contribution in [2.45, 2.75) is 26.4 Å². The van der Waals surface area contributed by atoms with Crippen LogP contribution >= 0.6 is 0 Å². The highest BCUT2D eigenvalue weighted by Crippen LogP contribution is 2.17. The predicted molar refractivity (Wildman–Crippen MR) is 98.6 cm³/mol. The second kappa shape index (κ2) is 7.32. The van der Waals surface area contributed by atoms with Crippen molar-refractivity contribution in [3.63, 3.8) is 0 Å². The number of nitrogens with one attached hydrogen (secondary N) is 2. The van der Waals surface area contributed by atoms with Gasteiger partial charge in [0.15, 0.2) is 0 Å². The second-order valence-corrected chi connectivity index (χ2v) is 6.07. The Balaban J connectivity index is 1.70. The van der Waals surface area contributed by atoms with E-state index in [1.54, 1.807) is 6.07 Å². The van der Waals surface area contributed by atoms with Crippen LogP contribution in [-0.4, -0.2) is 16.0 Å². The third-order valence-corrected chi connectivity index (χ3v) is 4.21. The molecular weight excluding hydrogens is 316 g/mol. The zero-order valence-electron chi connectivity index (χ0n) is 14.0. The molecule has 3 rings (SSSR count). The van der Waals surface area contributed by atoms with Crippen molar-refractivity contribution in [3.05, 3.63) is 75.6 Å². The van der Waals surface area contributed by atoms with Gasteiger partial charge in [0.1, 0.15) is 0 Å². The number of benzene rings is 2. The van der Waals surface area contributed by atoms with Gasteiger partial charge in [-0.2, -0.15) is 0 Å². The monoisotopic (exact) mass is 336 g/mol. The number of rotatable bonds is 5. The Hall–Kier alpha value is -2.92. The van der Waals surface area contributed by atoms with Crippen LogP contribution in [0.25, 0.3) is 10.9 Å². The maximum Gasteiger partial charge on any atom is 0.251 e. The van der Waals surface area contributed by atoms with Gasteiger partial charge in [0.25, 0.3) is 5.56 Å². The molecule has 0 radical (unpaired) electrons. The molecule has 1 amide bonds. The number of fused-ring (bicyclic) bond motifs is 1. The lowest BCUT2D eigenvalue weighted by atomic mass is 10.1. The quantitative estimate of drug-likeness (QED) is 0.670. The maximum absolute atomic E-state index is 12.2. The number of carbonyl (C=O) groups is 1. The van der Waals surface area contributed by atoms with Crippen LogP contribution in [0.4, 0.5) is 5.69 Å². The Morgan fingerprint density at radius 3 is 2.76 bits per heavy atom. The van der Waals surface area contributed by atoms with Gasteiger partial charge in [-0.05, 0) is 48.1 Å². The molecule has 0 aliphatic carbocycles. The number of anilines is 1. The van der Waals surface area contributed by atoms with Crippen LogP contribution in [0.15, 0.2) is 53.3 Å². The molecule has 3 aromatic rings. The van der Waals surface area contributed by atoms with E-state index in [1.807, 2.05) is 49.4 Å². The molecule has 0 unspecified atom stereocenters. The van der Waals surface area contributed by atoms with E-state index in [2.05, 4.69) is 10.3 Å². The number of aromatic nitrogens is 1. The molecule has 0 fully saturated rings. The standard InChI is InChI=1S/C20H20N2O3/c1-13-6-7-14(12-23)10-18(13)21-19(24)9-8-16-11-15-4-2-3-5-17(15)22-20(16)25/h2-7,10-11,23H,8-9,12H2,1H3,(H,21,24)(H,22,25). The van der Waals surface area contributed by atoms with Crippen LogP contribution in [0.5, 0.6) is 0 Å². The number of pyridine rings is 1. The normalized spacial score (nSPS) is 10.8. The summed E-state index contributed by atoms with van der Waals surface area (Å²) in [6, 6.07) is 14.8. The number of hydrogen-bond donors (Lipinski definition) is 3. The van der Waals surface area contributed by atoms with Crippen LogP contribution in [-0.2, 0) is 17.8 Å². The van der Waals surface area contributed by atoms with Crippen molar-refractivity contribution in [1.82, 2.24) is 4.98 Å². The van der Waals surface area contributed by atoms with Crippen molar-refractivity contribution in [1.29, 1.82) is 0 Å². The molecule has 1 heterocycles. The smallest absolute Gasteiger partial charge is 0.251 e. The average molecular weight is 336 g/mol. The summed E-state index contributed by atoms with van der Waals surface area (Å²) in [5.41, 5.74) is 3.57. The number of para-hydroxylation sites is 1. The van der Waals surface area contributed by atoms with E-state index in [-0.39, 0.29) is 24.5 Å². The molecule has 0 saturated heterocycles. The molecule has 0 aliphatic heterocycles. The first-order valence-corrected chi connectivity index (χ1v) is 8.18. The van der Waals surface area contributed by atoms with Crippen LogP contribution in [0.1, 0.15) is 23.1 Å². The van der Waals surface area contributed by atoms with Crippen molar-refractivity contribution in [2.75, 3.05) is 5.32 Å². The molecule has 25 heavy (non-hydrogen) atoms. The first kappa shape index (κ1) is 16.9. The summed E-state index contributed by atoms with van der Waals surface area (Å²) >= 11 is 0. The van der Waals surface area contributed by atoms with Crippen LogP contribution in [0.2, 0.25) is 0 Å². The molecule has 0 spiro atoms. The summed E-state index contributed by atoms with van der Waals surface area (Å²) in [7, 11) is 0. The highest BCUT2D eigenvalue weighted by Gasteiger charge is 2.09. The average Bonchev–Trinajstić information content (AvgIpc) is 2.61. The van der Waals surface area contributed by atoms with Gasteiger partial charge in [-0.15, -0.1) is 0 Å². The van der Waals surface area contributed by atoms with E-state index < -0.39 is 0 Å². The number of amides is 1. The second-order valence-electron chi connectivity index (χ2n) is 6.07. The van der Waals surface area contributed by atoms with Crippen molar-refractivity contribution in [2.24, 2.45) is 0 Å². The largest absolute Gasteiger partial charge is 0.392 e. The fourth-order valence-electron chi connectivity index (χ4n) is 2.74. The highest BCUT2D eigenvalue weighted by atomic mass is 16.3. The molecule has 2 aromatic carbocycles. The minimum Gasteiger partial charge on any atom is -0.392 e. The molecule has 0 aliphatic rings. The van der Waals surface area contributed by atoms with E-state index in [1.165, 1.54) is 0 Å². The number of carbonyl (C=O) groups excluding carboxylic acids is 1. The molecule has 5 heteroatoms. The number of aromatic amines is 1. The lowest BCUT2D eigenvalue weighted by Gasteiger charge is -2.10. The molecule has 5 nitrogen and oxygen atoms in total. The molecule has 1 aromatic heterocycles. The minimum absolute atomic E-state index is 0.0738. The predicted octanol–water partition coefficient (Wildman–Crippen LogP) is 2.90. The van der Waals surface area contributed by atoms with Crippen molar-refractivity contribution >= 4 is 22.5 Å². The van der Waals surface area contributed by atoms with Gasteiger partial charge in [-0.3, -0.25) is 9.59 Å². The van der Waals surface area contributed by atoms with Gasteiger partial charge in [0, 0.05) is 23.2 Å². The summed E-state index contributed by atoms with van der Waals surface area (Å²) < 4.78 is 0. The Bertz CT molecular complexity index is 976. The first-order valence-electron chi connectivity index (χ1n) is 8.18.